The van der Waals surface area contributed by atoms with E-state index in [-0.39, 0.29) is 35.4 Å². The summed E-state index contributed by atoms with van der Waals surface area (Å²) in [6, 6.07) is 6.81. The number of benzene rings is 1. The molecule has 174 valence electrons. The molecule has 0 amide bonds. The van der Waals surface area contributed by atoms with Crippen LogP contribution in [0.25, 0.3) is 0 Å². The van der Waals surface area contributed by atoms with Gasteiger partial charge in [-0.05, 0) is 37.5 Å². The van der Waals surface area contributed by atoms with Gasteiger partial charge in [-0.3, -0.25) is 0 Å². The summed E-state index contributed by atoms with van der Waals surface area (Å²) in [5.74, 6) is 0.701. The maximum absolute atomic E-state index is 12.3. The third-order valence-corrected chi connectivity index (χ3v) is 5.43. The predicted octanol–water partition coefficient (Wildman–Crippen LogP) is 2.49. The summed E-state index contributed by atoms with van der Waals surface area (Å²) < 4.78 is 37.6. The summed E-state index contributed by atoms with van der Waals surface area (Å²) in [4.78, 5) is 4.77. The number of hydrogen-bond acceptors (Lipinski definition) is 5. The van der Waals surface area contributed by atoms with Crippen LogP contribution in [0, 0.1) is 0 Å². The monoisotopic (exact) mass is 556 g/mol. The highest BCUT2D eigenvalue weighted by Gasteiger charge is 2.13. The average Bonchev–Trinajstić information content (AvgIpc) is 2.71. The van der Waals surface area contributed by atoms with Gasteiger partial charge < -0.3 is 20.1 Å². The molecule has 0 unspecified atom stereocenters. The quantitative estimate of drug-likeness (QED) is 0.133. The van der Waals surface area contributed by atoms with Gasteiger partial charge in [-0.25, -0.2) is 18.1 Å². The van der Waals surface area contributed by atoms with E-state index in [1.807, 2.05) is 13.0 Å². The molecule has 0 atom stereocenters. The van der Waals surface area contributed by atoms with Crippen molar-refractivity contribution in [2.24, 2.45) is 4.99 Å². The number of halogens is 1. The van der Waals surface area contributed by atoms with Crippen molar-refractivity contribution in [2.75, 3.05) is 46.6 Å². The second-order valence-corrected chi connectivity index (χ2v) is 8.25. The van der Waals surface area contributed by atoms with Crippen LogP contribution < -0.4 is 15.4 Å². The number of methoxy groups -OCH3 is 1. The molecule has 0 saturated carbocycles. The molecule has 0 saturated heterocycles. The molecular formula is C20H37IN4O4S. The van der Waals surface area contributed by atoms with Crippen molar-refractivity contribution in [1.29, 1.82) is 0 Å². The molecule has 0 heterocycles. The highest BCUT2D eigenvalue weighted by Crippen LogP contribution is 2.12. The van der Waals surface area contributed by atoms with Crippen molar-refractivity contribution in [2.45, 2.75) is 44.6 Å². The number of sulfonamides is 1. The van der Waals surface area contributed by atoms with Crippen LogP contribution in [-0.4, -0.2) is 60.9 Å². The predicted molar refractivity (Wildman–Crippen MR) is 132 cm³/mol. The van der Waals surface area contributed by atoms with E-state index in [1.165, 1.54) is 7.11 Å². The molecule has 0 aliphatic rings. The summed E-state index contributed by atoms with van der Waals surface area (Å²) in [6.07, 6.45) is 3.13. The maximum atomic E-state index is 12.3. The van der Waals surface area contributed by atoms with E-state index in [2.05, 4.69) is 27.3 Å². The molecule has 3 N–H and O–H groups in total. The number of guanidine groups is 1. The number of ether oxygens (including phenoxy) is 2. The van der Waals surface area contributed by atoms with Crippen molar-refractivity contribution in [3.63, 3.8) is 0 Å². The van der Waals surface area contributed by atoms with Crippen LogP contribution in [0.2, 0.25) is 0 Å². The third-order valence-electron chi connectivity index (χ3n) is 3.97. The van der Waals surface area contributed by atoms with Gasteiger partial charge in [-0.15, -0.1) is 24.0 Å². The molecule has 10 heteroatoms. The van der Waals surface area contributed by atoms with Gasteiger partial charge in [0.05, 0.1) is 18.0 Å². The number of nitrogens with one attached hydrogen (secondary N) is 3. The van der Waals surface area contributed by atoms with Crippen LogP contribution in [0.4, 0.5) is 0 Å². The molecular weight excluding hydrogens is 519 g/mol. The first kappa shape index (κ1) is 29.1. The van der Waals surface area contributed by atoms with Crippen molar-refractivity contribution in [1.82, 2.24) is 15.4 Å². The molecule has 0 fully saturated rings. The van der Waals surface area contributed by atoms with Gasteiger partial charge in [0, 0.05) is 40.0 Å². The van der Waals surface area contributed by atoms with E-state index in [4.69, 9.17) is 9.47 Å². The van der Waals surface area contributed by atoms with Gasteiger partial charge in [0.25, 0.3) is 0 Å². The van der Waals surface area contributed by atoms with Gasteiger partial charge in [0.15, 0.2) is 5.96 Å². The van der Waals surface area contributed by atoms with Crippen molar-refractivity contribution >= 4 is 40.0 Å². The Morgan fingerprint density at radius 1 is 1.07 bits per heavy atom. The number of hydrogen-bond donors (Lipinski definition) is 3. The zero-order valence-corrected chi connectivity index (χ0v) is 21.4. The SMILES string of the molecule is CCCCOCCCNC(=NCc1cccc(S(=O)(=O)NCCOC)c1)NCC.I. The molecule has 0 aliphatic heterocycles. The second kappa shape index (κ2) is 17.7. The van der Waals surface area contributed by atoms with E-state index in [0.717, 1.165) is 51.1 Å². The lowest BCUT2D eigenvalue weighted by atomic mass is 10.2. The van der Waals surface area contributed by atoms with Crippen LogP contribution in [0.1, 0.15) is 38.7 Å². The Bertz CT molecular complexity index is 702. The lowest BCUT2D eigenvalue weighted by molar-refractivity contribution is 0.129. The first-order chi connectivity index (χ1) is 14.0. The van der Waals surface area contributed by atoms with Crippen LogP contribution in [-0.2, 0) is 26.0 Å². The minimum absolute atomic E-state index is 0. The topological polar surface area (TPSA) is 101 Å². The van der Waals surface area contributed by atoms with Gasteiger partial charge in [0.2, 0.25) is 10.0 Å². The van der Waals surface area contributed by atoms with Crippen molar-refractivity contribution in [3.05, 3.63) is 29.8 Å². The van der Waals surface area contributed by atoms with E-state index >= 15 is 0 Å². The molecule has 30 heavy (non-hydrogen) atoms. The smallest absolute Gasteiger partial charge is 0.240 e. The van der Waals surface area contributed by atoms with Gasteiger partial charge in [-0.2, -0.15) is 0 Å². The Hall–Kier alpha value is -0.950. The van der Waals surface area contributed by atoms with Gasteiger partial charge in [-0.1, -0.05) is 25.5 Å². The van der Waals surface area contributed by atoms with E-state index in [9.17, 15) is 8.42 Å². The summed E-state index contributed by atoms with van der Waals surface area (Å²) >= 11 is 0. The highest BCUT2D eigenvalue weighted by atomic mass is 127. The molecule has 1 rings (SSSR count). The molecule has 0 aromatic heterocycles. The zero-order chi connectivity index (χ0) is 21.4. The number of aliphatic imine (C=N–C) groups is 1. The average molecular weight is 557 g/mol. The minimum atomic E-state index is -3.55. The Morgan fingerprint density at radius 3 is 2.53 bits per heavy atom. The van der Waals surface area contributed by atoms with E-state index in [0.29, 0.717) is 19.1 Å². The summed E-state index contributed by atoms with van der Waals surface area (Å²) in [5.41, 5.74) is 0.819. The Labute approximate surface area is 198 Å². The van der Waals surface area contributed by atoms with Crippen LogP contribution >= 0.6 is 24.0 Å². The number of nitrogens with zero attached hydrogens (tertiary/aromatic N) is 1. The van der Waals surface area contributed by atoms with Gasteiger partial charge in [0.1, 0.15) is 0 Å². The van der Waals surface area contributed by atoms with E-state index in [1.54, 1.807) is 18.2 Å². The largest absolute Gasteiger partial charge is 0.383 e. The highest BCUT2D eigenvalue weighted by molar-refractivity contribution is 14.0. The lowest BCUT2D eigenvalue weighted by Crippen LogP contribution is -2.38. The third kappa shape index (κ3) is 12.7. The summed E-state index contributed by atoms with van der Waals surface area (Å²) in [6.45, 7) is 8.13. The van der Waals surface area contributed by atoms with Crippen molar-refractivity contribution in [3.8, 4) is 0 Å². The fourth-order valence-electron chi connectivity index (χ4n) is 2.41. The first-order valence-corrected chi connectivity index (χ1v) is 11.7. The normalized spacial score (nSPS) is 11.8. The van der Waals surface area contributed by atoms with Crippen LogP contribution in [0.3, 0.4) is 0 Å². The van der Waals surface area contributed by atoms with Crippen molar-refractivity contribution < 1.29 is 17.9 Å². The summed E-state index contributed by atoms with van der Waals surface area (Å²) in [7, 11) is -2.02. The van der Waals surface area contributed by atoms with Crippen LogP contribution in [0.5, 0.6) is 0 Å². The zero-order valence-electron chi connectivity index (χ0n) is 18.3. The number of unbranched alkanes of at least 4 members (excludes halogenated alkanes) is 1. The molecule has 1 aromatic carbocycles. The van der Waals surface area contributed by atoms with Crippen LogP contribution in [0.15, 0.2) is 34.2 Å². The van der Waals surface area contributed by atoms with Gasteiger partial charge >= 0.3 is 0 Å². The Kier molecular flexibility index (Phi) is 17.1. The molecule has 0 bridgehead atoms. The number of rotatable bonds is 15. The molecule has 1 aromatic rings. The molecule has 0 radical (unpaired) electrons. The fourth-order valence-corrected chi connectivity index (χ4v) is 3.50. The van der Waals surface area contributed by atoms with E-state index < -0.39 is 10.0 Å². The first-order valence-electron chi connectivity index (χ1n) is 10.2. The Morgan fingerprint density at radius 2 is 1.83 bits per heavy atom. The molecule has 0 aliphatic carbocycles. The summed E-state index contributed by atoms with van der Waals surface area (Å²) in [5, 5.41) is 6.47. The minimum Gasteiger partial charge on any atom is -0.383 e. The second-order valence-electron chi connectivity index (χ2n) is 6.48. The standard InChI is InChI=1S/C20H36N4O4S.HI/c1-4-6-13-28-14-8-11-22-20(21-5-2)23-17-18-9-7-10-19(16-18)29(25,26)24-12-15-27-3;/h7,9-10,16,24H,4-6,8,11-15,17H2,1-3H3,(H2,21,22,23);1H. The lowest BCUT2D eigenvalue weighted by Gasteiger charge is -2.12. The Balaban J connectivity index is 0.00000841. The maximum Gasteiger partial charge on any atom is 0.240 e. The molecule has 0 spiro atoms. The fraction of sp³-hybridized carbons (Fsp3) is 0.650. The molecule has 8 nitrogen and oxygen atoms in total.